The molecule has 1 aliphatic rings. The number of aryl methyl sites for hydroxylation is 1. The second-order valence-corrected chi connectivity index (χ2v) is 6.48. The quantitative estimate of drug-likeness (QED) is 0.834. The number of rotatable bonds is 6. The molecule has 1 aromatic heterocycles. The predicted octanol–water partition coefficient (Wildman–Crippen LogP) is 1.88. The first-order valence-corrected chi connectivity index (χ1v) is 7.75. The molecule has 0 spiro atoms. The summed E-state index contributed by atoms with van der Waals surface area (Å²) in [5.41, 5.74) is 1.05. The van der Waals surface area contributed by atoms with Crippen LogP contribution in [0.4, 0.5) is 0 Å². The SMILES string of the molecule is CCSC1CCC(NCc2c(C(=O)O)cnn2C)C1. The number of carboxylic acid groups (broad SMARTS) is 1. The fraction of sp³-hybridized carbons (Fsp3) is 0.692. The van der Waals surface area contributed by atoms with Gasteiger partial charge in [-0.05, 0) is 25.0 Å². The number of hydrogen-bond acceptors (Lipinski definition) is 4. The van der Waals surface area contributed by atoms with Crippen LogP contribution in [0.3, 0.4) is 0 Å². The summed E-state index contributed by atoms with van der Waals surface area (Å²) in [4.78, 5) is 11.1. The number of aromatic nitrogens is 2. The van der Waals surface area contributed by atoms with E-state index in [-0.39, 0.29) is 0 Å². The number of hydrogen-bond donors (Lipinski definition) is 2. The Morgan fingerprint density at radius 1 is 1.63 bits per heavy atom. The van der Waals surface area contributed by atoms with Gasteiger partial charge in [0.15, 0.2) is 0 Å². The molecule has 1 aromatic rings. The normalized spacial score (nSPS) is 22.8. The zero-order valence-corrected chi connectivity index (χ0v) is 12.2. The fourth-order valence-corrected chi connectivity index (χ4v) is 3.75. The molecule has 0 amide bonds. The summed E-state index contributed by atoms with van der Waals surface area (Å²) in [6, 6.07) is 0.501. The van der Waals surface area contributed by atoms with Gasteiger partial charge >= 0.3 is 5.97 Å². The summed E-state index contributed by atoms with van der Waals surface area (Å²) in [7, 11) is 1.79. The van der Waals surface area contributed by atoms with Crippen molar-refractivity contribution < 1.29 is 9.90 Å². The second-order valence-electron chi connectivity index (χ2n) is 4.90. The first-order valence-electron chi connectivity index (χ1n) is 6.71. The summed E-state index contributed by atoms with van der Waals surface area (Å²) >= 11 is 2.03. The Bertz CT molecular complexity index is 447. The van der Waals surface area contributed by atoms with Crippen molar-refractivity contribution in [3.63, 3.8) is 0 Å². The summed E-state index contributed by atoms with van der Waals surface area (Å²) in [6.07, 6.45) is 5.04. The van der Waals surface area contributed by atoms with Gasteiger partial charge in [-0.2, -0.15) is 16.9 Å². The molecule has 0 aliphatic heterocycles. The van der Waals surface area contributed by atoms with E-state index >= 15 is 0 Å². The molecule has 1 aliphatic carbocycles. The fourth-order valence-electron chi connectivity index (χ4n) is 2.60. The lowest BCUT2D eigenvalue weighted by atomic mass is 10.2. The van der Waals surface area contributed by atoms with Gasteiger partial charge in [-0.3, -0.25) is 4.68 Å². The standard InChI is InChI=1S/C13H21N3O2S/c1-3-19-10-5-4-9(6-10)14-8-12-11(13(17)18)7-15-16(12)2/h7,9-10,14H,3-6,8H2,1-2H3,(H,17,18). The van der Waals surface area contributed by atoms with E-state index in [2.05, 4.69) is 17.3 Å². The van der Waals surface area contributed by atoms with Crippen LogP contribution in [0.2, 0.25) is 0 Å². The topological polar surface area (TPSA) is 67.2 Å². The molecule has 6 heteroatoms. The van der Waals surface area contributed by atoms with Crippen LogP contribution >= 0.6 is 11.8 Å². The van der Waals surface area contributed by atoms with Crippen LogP contribution in [0.5, 0.6) is 0 Å². The van der Waals surface area contributed by atoms with E-state index in [9.17, 15) is 4.79 Å². The molecular weight excluding hydrogens is 262 g/mol. The van der Waals surface area contributed by atoms with Gasteiger partial charge in [0.05, 0.1) is 11.9 Å². The summed E-state index contributed by atoms with van der Waals surface area (Å²) in [5, 5.41) is 17.3. The molecule has 0 saturated heterocycles. The van der Waals surface area contributed by atoms with E-state index in [1.807, 2.05) is 11.8 Å². The number of aromatic carboxylic acids is 1. The maximum absolute atomic E-state index is 11.1. The lowest BCUT2D eigenvalue weighted by molar-refractivity contribution is 0.0695. The Kier molecular flexibility index (Phi) is 4.87. The highest BCUT2D eigenvalue weighted by atomic mass is 32.2. The van der Waals surface area contributed by atoms with Gasteiger partial charge in [0.25, 0.3) is 0 Å². The molecule has 2 atom stereocenters. The van der Waals surface area contributed by atoms with E-state index in [1.54, 1.807) is 11.7 Å². The molecule has 1 fully saturated rings. The van der Waals surface area contributed by atoms with Gasteiger partial charge in [-0.15, -0.1) is 0 Å². The van der Waals surface area contributed by atoms with Crippen molar-refractivity contribution >= 4 is 17.7 Å². The monoisotopic (exact) mass is 283 g/mol. The van der Waals surface area contributed by atoms with Gasteiger partial charge < -0.3 is 10.4 Å². The molecule has 106 valence electrons. The van der Waals surface area contributed by atoms with Crippen molar-refractivity contribution in [1.29, 1.82) is 0 Å². The largest absolute Gasteiger partial charge is 0.478 e. The average molecular weight is 283 g/mol. The number of nitrogens with one attached hydrogen (secondary N) is 1. The van der Waals surface area contributed by atoms with Gasteiger partial charge in [-0.25, -0.2) is 4.79 Å². The predicted molar refractivity (Wildman–Crippen MR) is 76.6 cm³/mol. The van der Waals surface area contributed by atoms with E-state index in [0.29, 0.717) is 18.2 Å². The third-order valence-electron chi connectivity index (χ3n) is 3.64. The van der Waals surface area contributed by atoms with Crippen LogP contribution in [-0.2, 0) is 13.6 Å². The first kappa shape index (κ1) is 14.4. The van der Waals surface area contributed by atoms with Gasteiger partial charge in [0.2, 0.25) is 0 Å². The number of nitrogens with zero attached hydrogens (tertiary/aromatic N) is 2. The van der Waals surface area contributed by atoms with Crippen molar-refractivity contribution in [3.05, 3.63) is 17.5 Å². The molecule has 1 saturated carbocycles. The zero-order valence-electron chi connectivity index (χ0n) is 11.4. The van der Waals surface area contributed by atoms with Crippen molar-refractivity contribution in [3.8, 4) is 0 Å². The molecule has 19 heavy (non-hydrogen) atoms. The summed E-state index contributed by atoms with van der Waals surface area (Å²) < 4.78 is 1.64. The van der Waals surface area contributed by atoms with Crippen LogP contribution in [0, 0.1) is 0 Å². The van der Waals surface area contributed by atoms with E-state index in [0.717, 1.165) is 10.9 Å². The minimum Gasteiger partial charge on any atom is -0.478 e. The van der Waals surface area contributed by atoms with Gasteiger partial charge in [0.1, 0.15) is 5.56 Å². The van der Waals surface area contributed by atoms with E-state index in [4.69, 9.17) is 5.11 Å². The highest BCUT2D eigenvalue weighted by Gasteiger charge is 2.25. The Morgan fingerprint density at radius 2 is 2.42 bits per heavy atom. The molecule has 0 bridgehead atoms. The van der Waals surface area contributed by atoms with Gasteiger partial charge in [-0.1, -0.05) is 6.92 Å². The number of carbonyl (C=O) groups is 1. The molecule has 0 radical (unpaired) electrons. The highest BCUT2D eigenvalue weighted by Crippen LogP contribution is 2.29. The highest BCUT2D eigenvalue weighted by molar-refractivity contribution is 7.99. The van der Waals surface area contributed by atoms with Crippen LogP contribution in [0.1, 0.15) is 42.2 Å². The number of carboxylic acids is 1. The minimum atomic E-state index is -0.907. The molecule has 1 heterocycles. The van der Waals surface area contributed by atoms with Crippen LogP contribution < -0.4 is 5.32 Å². The van der Waals surface area contributed by atoms with Crippen molar-refractivity contribution in [1.82, 2.24) is 15.1 Å². The van der Waals surface area contributed by atoms with E-state index in [1.165, 1.54) is 31.2 Å². The average Bonchev–Trinajstić information content (AvgIpc) is 2.94. The van der Waals surface area contributed by atoms with Crippen molar-refractivity contribution in [2.45, 2.75) is 44.0 Å². The van der Waals surface area contributed by atoms with E-state index < -0.39 is 5.97 Å². The van der Waals surface area contributed by atoms with Crippen LogP contribution in [0.25, 0.3) is 0 Å². The Morgan fingerprint density at radius 3 is 3.11 bits per heavy atom. The molecular formula is C13H21N3O2S. The van der Waals surface area contributed by atoms with Crippen molar-refractivity contribution in [2.24, 2.45) is 7.05 Å². The third-order valence-corrected chi connectivity index (χ3v) is 4.87. The van der Waals surface area contributed by atoms with Crippen LogP contribution in [0.15, 0.2) is 6.20 Å². The lowest BCUT2D eigenvalue weighted by Gasteiger charge is -2.13. The third kappa shape index (κ3) is 3.51. The zero-order chi connectivity index (χ0) is 13.8. The molecule has 2 unspecified atom stereocenters. The second kappa shape index (κ2) is 6.43. The smallest absolute Gasteiger partial charge is 0.339 e. The molecule has 0 aromatic carbocycles. The molecule has 2 rings (SSSR count). The number of thioether (sulfide) groups is 1. The summed E-state index contributed by atoms with van der Waals surface area (Å²) in [5.74, 6) is 0.262. The maximum atomic E-state index is 11.1. The molecule has 5 nitrogen and oxygen atoms in total. The van der Waals surface area contributed by atoms with Crippen molar-refractivity contribution in [2.75, 3.05) is 5.75 Å². The lowest BCUT2D eigenvalue weighted by Crippen LogP contribution is -2.28. The Hall–Kier alpha value is -1.01. The Balaban J connectivity index is 1.89. The molecule has 2 N–H and O–H groups in total. The summed E-state index contributed by atoms with van der Waals surface area (Å²) in [6.45, 7) is 2.77. The first-order chi connectivity index (χ1) is 9.11. The van der Waals surface area contributed by atoms with Crippen LogP contribution in [-0.4, -0.2) is 37.9 Å². The minimum absolute atomic E-state index is 0.299. The Labute approximate surface area is 117 Å². The maximum Gasteiger partial charge on any atom is 0.339 e. The van der Waals surface area contributed by atoms with Gasteiger partial charge in [0, 0.05) is 24.9 Å².